The zero-order valence-electron chi connectivity index (χ0n) is 13.5. The molecule has 0 amide bonds. The number of nitrogens with two attached hydrogens (primary N) is 1. The van der Waals surface area contributed by atoms with Crippen LogP contribution in [0.15, 0.2) is 9.52 Å². The zero-order valence-corrected chi connectivity index (χ0v) is 15.8. The molecule has 0 aromatic carbocycles. The summed E-state index contributed by atoms with van der Waals surface area (Å²) in [5.41, 5.74) is 6.06. The molecule has 8 nitrogen and oxygen atoms in total. The highest BCUT2D eigenvalue weighted by Crippen LogP contribution is 2.31. The minimum Gasteiger partial charge on any atom is -0.375 e. The highest BCUT2D eigenvalue weighted by Gasteiger charge is 2.30. The molecule has 2 aliphatic heterocycles. The maximum atomic E-state index is 6.06. The van der Waals surface area contributed by atoms with Gasteiger partial charge >= 0.3 is 0 Å². The van der Waals surface area contributed by atoms with E-state index in [-0.39, 0.29) is 42.3 Å². The first kappa shape index (κ1) is 18.4. The smallest absolute Gasteiger partial charge is 0.255 e. The molecule has 2 N–H and O–H groups in total. The Morgan fingerprint density at radius 1 is 1.43 bits per heavy atom. The summed E-state index contributed by atoms with van der Waals surface area (Å²) in [5.74, 6) is 1.75. The first-order valence-electron chi connectivity index (χ1n) is 7.74. The van der Waals surface area contributed by atoms with Gasteiger partial charge in [0.2, 0.25) is 0 Å². The number of hydrogen-bond donors (Lipinski definition) is 1. The van der Waals surface area contributed by atoms with E-state index in [4.69, 9.17) is 19.7 Å². The van der Waals surface area contributed by atoms with Gasteiger partial charge in [-0.3, -0.25) is 4.99 Å². The fourth-order valence-corrected chi connectivity index (χ4v) is 2.79. The van der Waals surface area contributed by atoms with E-state index in [0.29, 0.717) is 30.8 Å². The summed E-state index contributed by atoms with van der Waals surface area (Å²) in [6.07, 6.45) is 1.91. The van der Waals surface area contributed by atoms with Gasteiger partial charge in [0.05, 0.1) is 25.4 Å². The predicted octanol–water partition coefficient (Wildman–Crippen LogP) is 1.25. The second-order valence-electron chi connectivity index (χ2n) is 5.83. The average Bonchev–Trinajstić information content (AvgIpc) is 3.13. The maximum Gasteiger partial charge on any atom is 0.255 e. The Kier molecular flexibility index (Phi) is 6.60. The number of nitrogens with zero attached hydrogens (tertiary/aromatic N) is 4. The largest absolute Gasteiger partial charge is 0.375 e. The van der Waals surface area contributed by atoms with Crippen molar-refractivity contribution in [1.82, 2.24) is 15.0 Å². The highest BCUT2D eigenvalue weighted by molar-refractivity contribution is 14.0. The summed E-state index contributed by atoms with van der Waals surface area (Å²) in [4.78, 5) is 10.7. The van der Waals surface area contributed by atoms with Crippen LogP contribution in [0, 0.1) is 6.92 Å². The van der Waals surface area contributed by atoms with Crippen molar-refractivity contribution in [2.45, 2.75) is 45.0 Å². The molecule has 23 heavy (non-hydrogen) atoms. The zero-order chi connectivity index (χ0) is 15.5. The summed E-state index contributed by atoms with van der Waals surface area (Å²) in [7, 11) is 0. The Balaban J connectivity index is 0.00000192. The Labute approximate surface area is 152 Å². The van der Waals surface area contributed by atoms with Gasteiger partial charge in [-0.1, -0.05) is 5.16 Å². The maximum absolute atomic E-state index is 6.06. The van der Waals surface area contributed by atoms with Crippen LogP contribution in [-0.2, 0) is 9.47 Å². The number of hydrogen-bond acceptors (Lipinski definition) is 6. The third-order valence-corrected chi connectivity index (χ3v) is 3.95. The first-order valence-corrected chi connectivity index (χ1v) is 7.74. The molecule has 3 atom stereocenters. The van der Waals surface area contributed by atoms with Gasteiger partial charge in [0, 0.05) is 13.1 Å². The van der Waals surface area contributed by atoms with Crippen molar-refractivity contribution in [2.24, 2.45) is 10.7 Å². The van der Waals surface area contributed by atoms with E-state index in [9.17, 15) is 0 Å². The summed E-state index contributed by atoms with van der Waals surface area (Å²) in [5, 5.41) is 3.80. The van der Waals surface area contributed by atoms with Crippen LogP contribution in [0.4, 0.5) is 0 Å². The summed E-state index contributed by atoms with van der Waals surface area (Å²) in [6.45, 7) is 6.65. The van der Waals surface area contributed by atoms with Gasteiger partial charge < -0.3 is 24.6 Å². The van der Waals surface area contributed by atoms with E-state index in [1.807, 2.05) is 6.92 Å². The molecular formula is C14H24IN5O3. The normalized spacial score (nSPS) is 28.7. The van der Waals surface area contributed by atoms with Crippen LogP contribution in [0.3, 0.4) is 0 Å². The van der Waals surface area contributed by atoms with Crippen LogP contribution < -0.4 is 5.73 Å². The first-order chi connectivity index (χ1) is 10.6. The third kappa shape index (κ3) is 4.77. The van der Waals surface area contributed by atoms with E-state index in [1.165, 1.54) is 0 Å². The van der Waals surface area contributed by atoms with E-state index < -0.39 is 0 Å². The average molecular weight is 437 g/mol. The van der Waals surface area contributed by atoms with Gasteiger partial charge in [0.15, 0.2) is 11.8 Å². The summed E-state index contributed by atoms with van der Waals surface area (Å²) >= 11 is 0. The van der Waals surface area contributed by atoms with Crippen LogP contribution in [0.25, 0.3) is 0 Å². The fraction of sp³-hybridized carbons (Fsp3) is 0.786. The molecule has 1 aromatic heterocycles. The number of morpholine rings is 1. The SMILES string of the molecule is Cc1noc([C@@H]2CC[C@H](CN=C(N)N3CCOC(C)C3)O2)n1.I. The van der Waals surface area contributed by atoms with Crippen molar-refractivity contribution in [3.05, 3.63) is 11.7 Å². The number of aromatic nitrogens is 2. The van der Waals surface area contributed by atoms with Gasteiger partial charge in [-0.2, -0.15) is 4.98 Å². The van der Waals surface area contributed by atoms with Crippen molar-refractivity contribution in [1.29, 1.82) is 0 Å². The molecule has 2 fully saturated rings. The molecule has 0 aliphatic carbocycles. The standard InChI is InChI=1S/C14H23N5O3.HI/c1-9-8-19(5-6-20-9)14(15)16-7-11-3-4-12(21-11)13-17-10(2)18-22-13;/h9,11-12H,3-8H2,1-2H3,(H2,15,16);1H/t9?,11-,12+;/m1./s1. The molecule has 0 radical (unpaired) electrons. The molecular weight excluding hydrogens is 413 g/mol. The summed E-state index contributed by atoms with van der Waals surface area (Å²) in [6, 6.07) is 0. The number of ether oxygens (including phenoxy) is 2. The molecule has 2 aliphatic rings. The quantitative estimate of drug-likeness (QED) is 0.432. The topological polar surface area (TPSA) is 99.0 Å². The number of aryl methyl sites for hydroxylation is 1. The lowest BCUT2D eigenvalue weighted by atomic mass is 10.2. The predicted molar refractivity (Wildman–Crippen MR) is 94.8 cm³/mol. The third-order valence-electron chi connectivity index (χ3n) is 3.95. The molecule has 1 aromatic rings. The Morgan fingerprint density at radius 3 is 2.96 bits per heavy atom. The number of rotatable bonds is 3. The summed E-state index contributed by atoms with van der Waals surface area (Å²) < 4.78 is 16.6. The van der Waals surface area contributed by atoms with E-state index in [1.54, 1.807) is 6.92 Å². The lowest BCUT2D eigenvalue weighted by molar-refractivity contribution is 0.00491. The lowest BCUT2D eigenvalue weighted by Crippen LogP contribution is -2.48. The molecule has 3 heterocycles. The van der Waals surface area contributed by atoms with Crippen molar-refractivity contribution < 1.29 is 14.0 Å². The second kappa shape index (κ2) is 8.25. The molecule has 9 heteroatoms. The molecule has 0 saturated carbocycles. The monoisotopic (exact) mass is 437 g/mol. The van der Waals surface area contributed by atoms with Crippen LogP contribution in [0.2, 0.25) is 0 Å². The lowest BCUT2D eigenvalue weighted by Gasteiger charge is -2.31. The minimum atomic E-state index is -0.119. The van der Waals surface area contributed by atoms with E-state index >= 15 is 0 Å². The molecule has 130 valence electrons. The van der Waals surface area contributed by atoms with E-state index in [0.717, 1.165) is 25.9 Å². The Morgan fingerprint density at radius 2 is 2.26 bits per heavy atom. The van der Waals surface area contributed by atoms with Crippen molar-refractivity contribution >= 4 is 29.9 Å². The molecule has 1 unspecified atom stereocenters. The van der Waals surface area contributed by atoms with Gasteiger partial charge in [0.1, 0.15) is 6.10 Å². The van der Waals surface area contributed by atoms with Crippen molar-refractivity contribution in [3.63, 3.8) is 0 Å². The number of guanidine groups is 1. The van der Waals surface area contributed by atoms with Crippen LogP contribution in [-0.4, -0.2) is 59.4 Å². The Hall–Kier alpha value is -0.940. The van der Waals surface area contributed by atoms with Crippen LogP contribution in [0.5, 0.6) is 0 Å². The van der Waals surface area contributed by atoms with Crippen LogP contribution in [0.1, 0.15) is 37.6 Å². The molecule has 2 saturated heterocycles. The highest BCUT2D eigenvalue weighted by atomic mass is 127. The van der Waals surface area contributed by atoms with Gasteiger partial charge in [0.25, 0.3) is 5.89 Å². The fourth-order valence-electron chi connectivity index (χ4n) is 2.79. The van der Waals surface area contributed by atoms with E-state index in [2.05, 4.69) is 20.0 Å². The van der Waals surface area contributed by atoms with Gasteiger partial charge in [-0.25, -0.2) is 0 Å². The molecule has 0 spiro atoms. The second-order valence-corrected chi connectivity index (χ2v) is 5.83. The molecule has 3 rings (SSSR count). The van der Waals surface area contributed by atoms with Gasteiger partial charge in [-0.15, -0.1) is 24.0 Å². The molecule has 0 bridgehead atoms. The Bertz CT molecular complexity index is 538. The minimum absolute atomic E-state index is 0. The van der Waals surface area contributed by atoms with Crippen molar-refractivity contribution in [2.75, 3.05) is 26.2 Å². The van der Waals surface area contributed by atoms with Gasteiger partial charge in [-0.05, 0) is 26.7 Å². The van der Waals surface area contributed by atoms with Crippen LogP contribution >= 0.6 is 24.0 Å². The van der Waals surface area contributed by atoms with Crippen molar-refractivity contribution in [3.8, 4) is 0 Å². The number of halogens is 1. The number of aliphatic imine (C=N–C) groups is 1.